The van der Waals surface area contributed by atoms with Gasteiger partial charge in [-0.2, -0.15) is 0 Å². The lowest BCUT2D eigenvalue weighted by Crippen LogP contribution is -2.51. The molecule has 0 aliphatic heterocycles. The normalized spacial score (nSPS) is 51.6. The van der Waals surface area contributed by atoms with Crippen molar-refractivity contribution >= 4 is 11.6 Å². The summed E-state index contributed by atoms with van der Waals surface area (Å²) in [4.78, 5) is 24.6. The summed E-state index contributed by atoms with van der Waals surface area (Å²) in [6.07, 6.45) is 10.5. The van der Waals surface area contributed by atoms with E-state index in [0.717, 1.165) is 32.1 Å². The molecule has 4 rings (SSSR count). The molecule has 3 heteroatoms. The van der Waals surface area contributed by atoms with Crippen LogP contribution in [-0.4, -0.2) is 22.3 Å². The van der Waals surface area contributed by atoms with Crippen molar-refractivity contribution in [1.29, 1.82) is 0 Å². The van der Waals surface area contributed by atoms with E-state index in [2.05, 4.69) is 13.8 Å². The van der Waals surface area contributed by atoms with Crippen molar-refractivity contribution in [1.82, 2.24) is 0 Å². The van der Waals surface area contributed by atoms with E-state index in [1.165, 1.54) is 25.7 Å². The molecule has 1 N–H and O–H groups in total. The van der Waals surface area contributed by atoms with Gasteiger partial charge in [-0.3, -0.25) is 9.59 Å². The standard InChI is InChI=1S/C23H36O3/c1-14-19-6-4-18-13-16(12-17(19)5-7-21(14)25)8-10-22(3)20(18)9-11-23(22,26)15(2)24/h14,16-20,26H,4-13H2,1-3H3. The van der Waals surface area contributed by atoms with E-state index in [1.54, 1.807) is 6.92 Å². The molecule has 0 radical (unpaired) electrons. The fourth-order valence-electron chi connectivity index (χ4n) is 7.78. The Hall–Kier alpha value is -0.700. The Morgan fingerprint density at radius 2 is 1.77 bits per heavy atom. The predicted molar refractivity (Wildman–Crippen MR) is 102 cm³/mol. The molecule has 0 heterocycles. The van der Waals surface area contributed by atoms with Gasteiger partial charge in [0.1, 0.15) is 11.4 Å². The Bertz CT molecular complexity index is 598. The van der Waals surface area contributed by atoms with Crippen molar-refractivity contribution in [3.05, 3.63) is 0 Å². The number of hydrogen-bond acceptors (Lipinski definition) is 3. The van der Waals surface area contributed by atoms with Gasteiger partial charge in [-0.15, -0.1) is 0 Å². The first kappa shape index (κ1) is 18.7. The first-order chi connectivity index (χ1) is 12.3. The van der Waals surface area contributed by atoms with Crippen LogP contribution in [0.2, 0.25) is 0 Å². The minimum atomic E-state index is -1.12. The average molecular weight is 361 g/mol. The molecule has 0 amide bonds. The van der Waals surface area contributed by atoms with Gasteiger partial charge in [0.2, 0.25) is 0 Å². The van der Waals surface area contributed by atoms with E-state index in [-0.39, 0.29) is 17.1 Å². The number of aliphatic hydroxyl groups is 1. The second-order valence-electron chi connectivity index (χ2n) is 10.4. The Morgan fingerprint density at radius 3 is 2.50 bits per heavy atom. The van der Waals surface area contributed by atoms with Crippen LogP contribution >= 0.6 is 0 Å². The monoisotopic (exact) mass is 360 g/mol. The maximum Gasteiger partial charge on any atom is 0.161 e. The van der Waals surface area contributed by atoms with Gasteiger partial charge in [-0.25, -0.2) is 0 Å². The van der Waals surface area contributed by atoms with Crippen LogP contribution in [-0.2, 0) is 9.59 Å². The molecule has 4 aliphatic carbocycles. The van der Waals surface area contributed by atoms with Gasteiger partial charge in [0.15, 0.2) is 5.78 Å². The SMILES string of the molecule is CC(=O)C1(O)CCC2C3CCC4C(CCC(=O)C4C)CC(CCC21C)C3. The predicted octanol–water partition coefficient (Wildman–Crippen LogP) is 4.55. The summed E-state index contributed by atoms with van der Waals surface area (Å²) in [6.45, 7) is 5.96. The molecule has 2 bridgehead atoms. The Kier molecular flexibility index (Phi) is 4.61. The van der Waals surface area contributed by atoms with E-state index in [0.29, 0.717) is 41.8 Å². The number of Topliss-reactive ketones (excluding diaryl/α,β-unsaturated/α-hetero) is 2. The van der Waals surface area contributed by atoms with Gasteiger partial charge in [0, 0.05) is 17.8 Å². The zero-order valence-corrected chi connectivity index (χ0v) is 16.8. The van der Waals surface area contributed by atoms with Crippen LogP contribution in [0.5, 0.6) is 0 Å². The fraction of sp³-hybridized carbons (Fsp3) is 0.913. The second kappa shape index (κ2) is 6.43. The van der Waals surface area contributed by atoms with Crippen LogP contribution in [0.1, 0.15) is 85.0 Å². The van der Waals surface area contributed by atoms with Gasteiger partial charge in [-0.05, 0) is 94.3 Å². The van der Waals surface area contributed by atoms with Crippen LogP contribution < -0.4 is 0 Å². The quantitative estimate of drug-likeness (QED) is 0.746. The number of hydrogen-bond donors (Lipinski definition) is 1. The lowest BCUT2D eigenvalue weighted by atomic mass is 9.61. The Balaban J connectivity index is 1.62. The summed E-state index contributed by atoms with van der Waals surface area (Å²) in [5.41, 5.74) is -1.37. The zero-order chi connectivity index (χ0) is 18.7. The maximum absolute atomic E-state index is 12.4. The van der Waals surface area contributed by atoms with Crippen LogP contribution in [0.4, 0.5) is 0 Å². The van der Waals surface area contributed by atoms with Crippen molar-refractivity contribution in [3.8, 4) is 0 Å². The fourth-order valence-corrected chi connectivity index (χ4v) is 7.78. The van der Waals surface area contributed by atoms with Gasteiger partial charge < -0.3 is 5.11 Å². The number of ketones is 2. The number of fused-ring (bicyclic) bond motifs is 5. The van der Waals surface area contributed by atoms with E-state index in [9.17, 15) is 14.7 Å². The molecule has 4 saturated carbocycles. The van der Waals surface area contributed by atoms with Crippen molar-refractivity contribution in [3.63, 3.8) is 0 Å². The number of carbonyl (C=O) groups is 2. The van der Waals surface area contributed by atoms with E-state index in [4.69, 9.17) is 0 Å². The zero-order valence-electron chi connectivity index (χ0n) is 16.8. The summed E-state index contributed by atoms with van der Waals surface area (Å²) in [5, 5.41) is 11.3. The topological polar surface area (TPSA) is 54.4 Å². The highest BCUT2D eigenvalue weighted by Gasteiger charge is 2.61. The minimum Gasteiger partial charge on any atom is -0.382 e. The van der Waals surface area contributed by atoms with Crippen molar-refractivity contribution in [2.75, 3.05) is 0 Å². The third kappa shape index (κ3) is 2.64. The smallest absolute Gasteiger partial charge is 0.161 e. The number of carbonyl (C=O) groups excluding carboxylic acids is 2. The van der Waals surface area contributed by atoms with Gasteiger partial charge in [0.05, 0.1) is 0 Å². The molecule has 0 saturated heterocycles. The molecule has 8 atom stereocenters. The van der Waals surface area contributed by atoms with Crippen LogP contribution in [0.3, 0.4) is 0 Å². The van der Waals surface area contributed by atoms with Crippen molar-refractivity contribution < 1.29 is 14.7 Å². The molecule has 146 valence electrons. The van der Waals surface area contributed by atoms with E-state index in [1.807, 2.05) is 0 Å². The summed E-state index contributed by atoms with van der Waals surface area (Å²) < 4.78 is 0. The highest BCUT2D eigenvalue weighted by molar-refractivity contribution is 5.86. The van der Waals surface area contributed by atoms with Gasteiger partial charge >= 0.3 is 0 Å². The summed E-state index contributed by atoms with van der Waals surface area (Å²) in [5.74, 6) is 3.77. The first-order valence-corrected chi connectivity index (χ1v) is 11.0. The van der Waals surface area contributed by atoms with Gasteiger partial charge in [0.25, 0.3) is 0 Å². The molecule has 0 aromatic rings. The average Bonchev–Trinajstić information content (AvgIpc) is 2.75. The largest absolute Gasteiger partial charge is 0.382 e. The highest BCUT2D eigenvalue weighted by atomic mass is 16.3. The molecule has 0 aromatic carbocycles. The summed E-state index contributed by atoms with van der Waals surface area (Å²) in [7, 11) is 0. The van der Waals surface area contributed by atoms with Crippen molar-refractivity contribution in [2.24, 2.45) is 40.9 Å². The van der Waals surface area contributed by atoms with Crippen molar-refractivity contribution in [2.45, 2.75) is 90.6 Å². The molecule has 0 aromatic heterocycles. The third-order valence-electron chi connectivity index (χ3n) is 9.46. The molecule has 4 fully saturated rings. The number of rotatable bonds is 1. The molecule has 0 spiro atoms. The highest BCUT2D eigenvalue weighted by Crippen LogP contribution is 2.61. The minimum absolute atomic E-state index is 0.0255. The Labute approximate surface area is 158 Å². The molecule has 26 heavy (non-hydrogen) atoms. The molecular formula is C23H36O3. The molecule has 8 unspecified atom stereocenters. The first-order valence-electron chi connectivity index (χ1n) is 11.0. The molecular weight excluding hydrogens is 324 g/mol. The van der Waals surface area contributed by atoms with Gasteiger partial charge in [-0.1, -0.05) is 13.8 Å². The van der Waals surface area contributed by atoms with E-state index >= 15 is 0 Å². The second-order valence-corrected chi connectivity index (χ2v) is 10.4. The Morgan fingerprint density at radius 1 is 1.04 bits per heavy atom. The summed E-state index contributed by atoms with van der Waals surface area (Å²) in [6, 6.07) is 0. The van der Waals surface area contributed by atoms with Crippen LogP contribution in [0.15, 0.2) is 0 Å². The summed E-state index contributed by atoms with van der Waals surface area (Å²) >= 11 is 0. The molecule has 3 nitrogen and oxygen atoms in total. The molecule has 4 aliphatic rings. The lowest BCUT2D eigenvalue weighted by Gasteiger charge is -2.44. The van der Waals surface area contributed by atoms with Crippen LogP contribution in [0, 0.1) is 40.9 Å². The van der Waals surface area contributed by atoms with Crippen LogP contribution in [0.25, 0.3) is 0 Å². The third-order valence-corrected chi connectivity index (χ3v) is 9.46. The lowest BCUT2D eigenvalue weighted by molar-refractivity contribution is -0.150. The van der Waals surface area contributed by atoms with E-state index < -0.39 is 5.60 Å². The maximum atomic E-state index is 12.4.